The minimum atomic E-state index is 1.11. The van der Waals surface area contributed by atoms with Gasteiger partial charge in [0.2, 0.25) is 0 Å². The minimum Gasteiger partial charge on any atom is -0.241 e. The van der Waals surface area contributed by atoms with Gasteiger partial charge in [0.25, 0.3) is 0 Å². The molecule has 0 spiro atoms. The van der Waals surface area contributed by atoms with Crippen LogP contribution in [0, 0.1) is 6.92 Å². The second-order valence-electron chi connectivity index (χ2n) is 2.96. The van der Waals surface area contributed by atoms with Crippen LogP contribution in [-0.2, 0) is 0 Å². The van der Waals surface area contributed by atoms with Gasteiger partial charge >= 0.3 is 0 Å². The molecule has 0 radical (unpaired) electrons. The van der Waals surface area contributed by atoms with Crippen molar-refractivity contribution in [2.24, 2.45) is 0 Å². The van der Waals surface area contributed by atoms with E-state index in [9.17, 15) is 0 Å². The number of thiazole rings is 1. The molecule has 2 heteroatoms. The summed E-state index contributed by atoms with van der Waals surface area (Å²) in [6.45, 7) is 4.07. The number of hydrogen-bond donors (Lipinski definition) is 0. The SMILES string of the molecule is CC=Cc1ccc2sc(C)nc2c1. The topological polar surface area (TPSA) is 12.9 Å². The molecule has 2 rings (SSSR count). The molecule has 1 aromatic carbocycles. The summed E-state index contributed by atoms with van der Waals surface area (Å²) in [4.78, 5) is 4.44. The van der Waals surface area contributed by atoms with Gasteiger partial charge in [-0.1, -0.05) is 18.2 Å². The molecular formula is C11H11NS. The molecule has 66 valence electrons. The van der Waals surface area contributed by atoms with Crippen LogP contribution in [0.5, 0.6) is 0 Å². The zero-order chi connectivity index (χ0) is 9.26. The number of allylic oxidation sites excluding steroid dienone is 1. The Balaban J connectivity index is 2.61. The van der Waals surface area contributed by atoms with E-state index in [1.165, 1.54) is 10.3 Å². The Labute approximate surface area is 81.7 Å². The number of nitrogens with zero attached hydrogens (tertiary/aromatic N) is 1. The standard InChI is InChI=1S/C11H11NS/c1-3-4-9-5-6-11-10(7-9)12-8(2)13-11/h3-7H,1-2H3. The second-order valence-corrected chi connectivity index (χ2v) is 4.19. The lowest BCUT2D eigenvalue weighted by Gasteiger charge is -1.91. The highest BCUT2D eigenvalue weighted by atomic mass is 32.1. The van der Waals surface area contributed by atoms with Crippen molar-refractivity contribution in [1.29, 1.82) is 0 Å². The molecule has 0 bridgehead atoms. The monoisotopic (exact) mass is 189 g/mol. The van der Waals surface area contributed by atoms with Crippen LogP contribution in [0.3, 0.4) is 0 Å². The second kappa shape index (κ2) is 3.30. The molecule has 0 saturated carbocycles. The molecule has 0 aliphatic rings. The normalized spacial score (nSPS) is 11.5. The van der Waals surface area contributed by atoms with Crippen LogP contribution in [0.25, 0.3) is 16.3 Å². The Morgan fingerprint density at radius 2 is 2.23 bits per heavy atom. The van der Waals surface area contributed by atoms with Crippen molar-refractivity contribution < 1.29 is 0 Å². The molecule has 1 heterocycles. The van der Waals surface area contributed by atoms with Gasteiger partial charge in [0.1, 0.15) is 0 Å². The number of fused-ring (bicyclic) bond motifs is 1. The van der Waals surface area contributed by atoms with E-state index >= 15 is 0 Å². The summed E-state index contributed by atoms with van der Waals surface area (Å²) < 4.78 is 1.27. The largest absolute Gasteiger partial charge is 0.241 e. The fraction of sp³-hybridized carbons (Fsp3) is 0.182. The number of rotatable bonds is 1. The van der Waals surface area contributed by atoms with E-state index in [4.69, 9.17) is 0 Å². The third kappa shape index (κ3) is 1.63. The zero-order valence-corrected chi connectivity index (χ0v) is 8.56. The van der Waals surface area contributed by atoms with E-state index in [2.05, 4.69) is 29.3 Å². The molecule has 0 aliphatic heterocycles. The van der Waals surface area contributed by atoms with Gasteiger partial charge in [-0.2, -0.15) is 0 Å². The van der Waals surface area contributed by atoms with Gasteiger partial charge in [0.05, 0.1) is 15.2 Å². The maximum atomic E-state index is 4.44. The molecule has 0 unspecified atom stereocenters. The highest BCUT2D eigenvalue weighted by Crippen LogP contribution is 2.22. The fourth-order valence-electron chi connectivity index (χ4n) is 1.36. The predicted octanol–water partition coefficient (Wildman–Crippen LogP) is 3.64. The van der Waals surface area contributed by atoms with Crippen LogP contribution in [0.1, 0.15) is 17.5 Å². The molecule has 0 atom stereocenters. The first kappa shape index (κ1) is 8.45. The van der Waals surface area contributed by atoms with Crippen molar-refractivity contribution in [3.63, 3.8) is 0 Å². The Bertz CT molecular complexity index is 454. The van der Waals surface area contributed by atoms with E-state index in [0.29, 0.717) is 0 Å². The van der Waals surface area contributed by atoms with E-state index in [1.807, 2.05) is 19.9 Å². The number of aryl methyl sites for hydroxylation is 1. The maximum Gasteiger partial charge on any atom is 0.0907 e. The Morgan fingerprint density at radius 3 is 3.00 bits per heavy atom. The molecule has 1 nitrogen and oxygen atoms in total. The van der Waals surface area contributed by atoms with Gasteiger partial charge in [-0.15, -0.1) is 11.3 Å². The number of aromatic nitrogens is 1. The lowest BCUT2D eigenvalue weighted by molar-refractivity contribution is 1.35. The van der Waals surface area contributed by atoms with Crippen molar-refractivity contribution in [3.8, 4) is 0 Å². The van der Waals surface area contributed by atoms with E-state index in [-0.39, 0.29) is 0 Å². The first-order chi connectivity index (χ1) is 6.29. The summed E-state index contributed by atoms with van der Waals surface area (Å²) in [5.41, 5.74) is 2.33. The van der Waals surface area contributed by atoms with E-state index < -0.39 is 0 Å². The third-order valence-corrected chi connectivity index (χ3v) is 2.83. The highest BCUT2D eigenvalue weighted by molar-refractivity contribution is 7.18. The summed E-state index contributed by atoms with van der Waals surface area (Å²) in [6, 6.07) is 6.38. The molecule has 2 aromatic rings. The number of hydrogen-bond acceptors (Lipinski definition) is 2. The van der Waals surface area contributed by atoms with Crippen molar-refractivity contribution in [2.75, 3.05) is 0 Å². The van der Waals surface area contributed by atoms with Crippen molar-refractivity contribution in [1.82, 2.24) is 4.98 Å². The van der Waals surface area contributed by atoms with E-state index in [0.717, 1.165) is 10.5 Å². The molecule has 0 saturated heterocycles. The van der Waals surface area contributed by atoms with Gasteiger partial charge in [-0.25, -0.2) is 4.98 Å². The predicted molar refractivity (Wildman–Crippen MR) is 59.1 cm³/mol. The maximum absolute atomic E-state index is 4.44. The molecule has 0 fully saturated rings. The summed E-state index contributed by atoms with van der Waals surface area (Å²) in [7, 11) is 0. The summed E-state index contributed by atoms with van der Waals surface area (Å²) in [6.07, 6.45) is 4.13. The number of benzene rings is 1. The molecule has 13 heavy (non-hydrogen) atoms. The van der Waals surface area contributed by atoms with Crippen molar-refractivity contribution in [2.45, 2.75) is 13.8 Å². The first-order valence-electron chi connectivity index (χ1n) is 4.29. The average Bonchev–Trinajstić information content (AvgIpc) is 2.44. The van der Waals surface area contributed by atoms with E-state index in [1.54, 1.807) is 11.3 Å². The van der Waals surface area contributed by atoms with Crippen LogP contribution in [0.2, 0.25) is 0 Å². The Morgan fingerprint density at radius 1 is 1.38 bits per heavy atom. The van der Waals surface area contributed by atoms with Crippen LogP contribution in [-0.4, -0.2) is 4.98 Å². The molecule has 0 N–H and O–H groups in total. The van der Waals surface area contributed by atoms with Crippen molar-refractivity contribution >= 4 is 27.6 Å². The smallest absolute Gasteiger partial charge is 0.0907 e. The fourth-order valence-corrected chi connectivity index (χ4v) is 2.16. The minimum absolute atomic E-state index is 1.11. The third-order valence-electron chi connectivity index (χ3n) is 1.88. The van der Waals surface area contributed by atoms with Crippen molar-refractivity contribution in [3.05, 3.63) is 34.8 Å². The lowest BCUT2D eigenvalue weighted by atomic mass is 10.2. The summed E-state index contributed by atoms with van der Waals surface area (Å²) >= 11 is 1.74. The molecule has 1 aromatic heterocycles. The van der Waals surface area contributed by atoms with Gasteiger partial charge in [-0.3, -0.25) is 0 Å². The Kier molecular flexibility index (Phi) is 2.15. The first-order valence-corrected chi connectivity index (χ1v) is 5.11. The summed E-state index contributed by atoms with van der Waals surface area (Å²) in [5, 5.41) is 1.13. The van der Waals surface area contributed by atoms with Crippen LogP contribution < -0.4 is 0 Å². The zero-order valence-electron chi connectivity index (χ0n) is 7.74. The summed E-state index contributed by atoms with van der Waals surface area (Å²) in [5.74, 6) is 0. The molecule has 0 aliphatic carbocycles. The molecule has 0 amide bonds. The van der Waals surface area contributed by atoms with Crippen LogP contribution in [0.4, 0.5) is 0 Å². The van der Waals surface area contributed by atoms with Gasteiger partial charge in [-0.05, 0) is 31.5 Å². The highest BCUT2D eigenvalue weighted by Gasteiger charge is 1.99. The van der Waals surface area contributed by atoms with Crippen LogP contribution in [0.15, 0.2) is 24.3 Å². The van der Waals surface area contributed by atoms with Gasteiger partial charge in [0.15, 0.2) is 0 Å². The van der Waals surface area contributed by atoms with Gasteiger partial charge < -0.3 is 0 Å². The van der Waals surface area contributed by atoms with Crippen LogP contribution >= 0.6 is 11.3 Å². The average molecular weight is 189 g/mol. The lowest BCUT2D eigenvalue weighted by Crippen LogP contribution is -1.72. The Hall–Kier alpha value is -1.15. The van der Waals surface area contributed by atoms with Gasteiger partial charge in [0, 0.05) is 0 Å². The quantitative estimate of drug-likeness (QED) is 0.667. The molecular weight excluding hydrogens is 178 g/mol.